The van der Waals surface area contributed by atoms with Gasteiger partial charge in [0.15, 0.2) is 0 Å². The van der Waals surface area contributed by atoms with E-state index in [1.54, 1.807) is 12.4 Å². The summed E-state index contributed by atoms with van der Waals surface area (Å²) in [7, 11) is 0. The van der Waals surface area contributed by atoms with Crippen LogP contribution in [0.4, 0.5) is 0 Å². The van der Waals surface area contributed by atoms with Gasteiger partial charge in [-0.3, -0.25) is 4.79 Å². The number of hydrogen-bond acceptors (Lipinski definition) is 4. The molecule has 1 aliphatic heterocycles. The van der Waals surface area contributed by atoms with Crippen LogP contribution in [-0.4, -0.2) is 42.3 Å². The molecule has 7 nitrogen and oxygen atoms in total. The molecule has 0 spiro atoms. The van der Waals surface area contributed by atoms with Gasteiger partial charge in [-0.2, -0.15) is 15.0 Å². The van der Waals surface area contributed by atoms with Gasteiger partial charge in [0.1, 0.15) is 5.82 Å². The van der Waals surface area contributed by atoms with Gasteiger partial charge in [0.25, 0.3) is 5.91 Å². The quantitative estimate of drug-likeness (QED) is 0.483. The highest BCUT2D eigenvalue weighted by molar-refractivity contribution is 6.31. The van der Waals surface area contributed by atoms with E-state index in [1.807, 2.05) is 61.3 Å². The number of carbonyl (C=O) groups is 1. The lowest BCUT2D eigenvalue weighted by Gasteiger charge is -2.25. The second kappa shape index (κ2) is 8.24. The van der Waals surface area contributed by atoms with Crippen molar-refractivity contribution in [2.24, 2.45) is 0 Å². The number of aryl methyl sites for hydroxylation is 1. The molecule has 1 atom stereocenters. The number of nitrogens with zero attached hydrogens (tertiary/aromatic N) is 5. The van der Waals surface area contributed by atoms with Crippen molar-refractivity contribution >= 4 is 17.5 Å². The molecule has 2 aromatic heterocycles. The summed E-state index contributed by atoms with van der Waals surface area (Å²) in [5.41, 5.74) is 5.16. The monoisotopic (exact) mass is 446 g/mol. The molecule has 2 aromatic carbocycles. The first-order valence-corrected chi connectivity index (χ1v) is 11.0. The Balaban J connectivity index is 1.48. The molecular weight excluding hydrogens is 424 g/mol. The molecule has 8 heteroatoms. The number of imidazole rings is 1. The summed E-state index contributed by atoms with van der Waals surface area (Å²) in [4.78, 5) is 25.1. The highest BCUT2D eigenvalue weighted by Crippen LogP contribution is 2.35. The average Bonchev–Trinajstić information content (AvgIpc) is 3.56. The molecule has 0 radical (unpaired) electrons. The Bertz CT molecular complexity index is 1280. The summed E-state index contributed by atoms with van der Waals surface area (Å²) in [6, 6.07) is 11.5. The molecule has 162 valence electrons. The van der Waals surface area contributed by atoms with Crippen LogP contribution in [0.3, 0.4) is 0 Å². The van der Waals surface area contributed by atoms with Crippen LogP contribution in [0.5, 0.6) is 0 Å². The molecule has 1 aliphatic rings. The Morgan fingerprint density at radius 3 is 2.78 bits per heavy atom. The number of nitrogens with one attached hydrogen (secondary N) is 1. The van der Waals surface area contributed by atoms with Crippen LogP contribution in [0.25, 0.3) is 17.1 Å². The highest BCUT2D eigenvalue weighted by Gasteiger charge is 2.33. The standard InChI is InChI=1S/C24H23ClN6O/c1-15-8-9-21(31-27-10-11-28-31)18(13-15)24(32)30-12-4-7-22(30)20-14-26-23(29-20)17-5-3-6-19(25)16(17)2/h3,5-6,8-11,13-14,22H,4,7,12H2,1-2H3,(H,26,29)/t22-/m0/s1. The van der Waals surface area contributed by atoms with Crippen LogP contribution in [0.1, 0.15) is 46.1 Å². The maximum Gasteiger partial charge on any atom is 0.256 e. The van der Waals surface area contributed by atoms with E-state index in [4.69, 9.17) is 11.6 Å². The van der Waals surface area contributed by atoms with Gasteiger partial charge >= 0.3 is 0 Å². The first kappa shape index (κ1) is 20.5. The van der Waals surface area contributed by atoms with Crippen LogP contribution in [0.15, 0.2) is 55.0 Å². The highest BCUT2D eigenvalue weighted by atomic mass is 35.5. The lowest BCUT2D eigenvalue weighted by Crippen LogP contribution is -2.31. The Morgan fingerprint density at radius 2 is 1.97 bits per heavy atom. The maximum atomic E-state index is 13.7. The number of H-pyrrole nitrogens is 1. The first-order chi connectivity index (χ1) is 15.5. The predicted molar refractivity (Wildman–Crippen MR) is 123 cm³/mol. The minimum Gasteiger partial charge on any atom is -0.340 e. The third-order valence-electron chi connectivity index (χ3n) is 6.01. The molecule has 1 fully saturated rings. The number of halogens is 1. The van der Waals surface area contributed by atoms with Gasteiger partial charge in [-0.1, -0.05) is 35.4 Å². The van der Waals surface area contributed by atoms with Crippen LogP contribution < -0.4 is 0 Å². The molecule has 1 amide bonds. The Hall–Kier alpha value is -3.45. The van der Waals surface area contributed by atoms with Gasteiger partial charge in [-0.15, -0.1) is 0 Å². The largest absolute Gasteiger partial charge is 0.340 e. The molecule has 0 bridgehead atoms. The Labute approximate surface area is 191 Å². The van der Waals surface area contributed by atoms with E-state index in [9.17, 15) is 4.79 Å². The number of amides is 1. The SMILES string of the molecule is Cc1ccc(-n2nccn2)c(C(=O)N2CCC[C@H]2c2cnc(-c3cccc(Cl)c3C)[nH]2)c1. The van der Waals surface area contributed by atoms with Crippen LogP contribution >= 0.6 is 11.6 Å². The fourth-order valence-corrected chi connectivity index (χ4v) is 4.50. The van der Waals surface area contributed by atoms with E-state index >= 15 is 0 Å². The lowest BCUT2D eigenvalue weighted by atomic mass is 10.1. The summed E-state index contributed by atoms with van der Waals surface area (Å²) in [6.45, 7) is 4.65. The molecule has 1 saturated heterocycles. The third kappa shape index (κ3) is 3.58. The summed E-state index contributed by atoms with van der Waals surface area (Å²) in [6.07, 6.45) is 6.86. The maximum absolute atomic E-state index is 13.7. The number of hydrogen-bond donors (Lipinski definition) is 1. The Morgan fingerprint density at radius 1 is 1.16 bits per heavy atom. The van der Waals surface area contributed by atoms with Gasteiger partial charge in [-0.05, 0) is 50.5 Å². The van der Waals surface area contributed by atoms with Crippen molar-refractivity contribution < 1.29 is 4.79 Å². The minimum atomic E-state index is -0.0674. The zero-order valence-electron chi connectivity index (χ0n) is 17.9. The number of likely N-dealkylation sites (tertiary alicyclic amines) is 1. The van der Waals surface area contributed by atoms with E-state index < -0.39 is 0 Å². The van der Waals surface area contributed by atoms with Crippen molar-refractivity contribution in [2.75, 3.05) is 6.54 Å². The van der Waals surface area contributed by atoms with Crippen molar-refractivity contribution in [3.8, 4) is 17.1 Å². The minimum absolute atomic E-state index is 0.0291. The second-order valence-electron chi connectivity index (χ2n) is 8.10. The average molecular weight is 447 g/mol. The first-order valence-electron chi connectivity index (χ1n) is 10.6. The molecule has 0 saturated carbocycles. The predicted octanol–water partition coefficient (Wildman–Crippen LogP) is 4.90. The van der Waals surface area contributed by atoms with Gasteiger partial charge in [-0.25, -0.2) is 4.98 Å². The van der Waals surface area contributed by atoms with E-state index in [-0.39, 0.29) is 11.9 Å². The summed E-state index contributed by atoms with van der Waals surface area (Å²) in [5, 5.41) is 9.15. The van der Waals surface area contributed by atoms with Gasteiger partial charge < -0.3 is 9.88 Å². The number of aromatic amines is 1. The second-order valence-corrected chi connectivity index (χ2v) is 8.50. The van der Waals surface area contributed by atoms with Crippen molar-refractivity contribution in [3.05, 3.63) is 82.4 Å². The van der Waals surface area contributed by atoms with E-state index in [1.165, 1.54) is 4.80 Å². The van der Waals surface area contributed by atoms with Crippen molar-refractivity contribution in [2.45, 2.75) is 32.7 Å². The smallest absolute Gasteiger partial charge is 0.256 e. The molecule has 4 aromatic rings. The summed E-state index contributed by atoms with van der Waals surface area (Å²) < 4.78 is 0. The van der Waals surface area contributed by atoms with Crippen molar-refractivity contribution in [1.29, 1.82) is 0 Å². The van der Waals surface area contributed by atoms with E-state index in [2.05, 4.69) is 20.2 Å². The fraction of sp³-hybridized carbons (Fsp3) is 0.250. The molecule has 1 N–H and O–H groups in total. The molecule has 3 heterocycles. The fourth-order valence-electron chi connectivity index (χ4n) is 4.33. The number of aromatic nitrogens is 5. The van der Waals surface area contributed by atoms with Crippen LogP contribution in [-0.2, 0) is 0 Å². The molecular formula is C24H23ClN6O. The zero-order chi connectivity index (χ0) is 22.2. The summed E-state index contributed by atoms with van der Waals surface area (Å²) >= 11 is 6.29. The van der Waals surface area contributed by atoms with E-state index in [0.717, 1.165) is 41.1 Å². The molecule has 0 unspecified atom stereocenters. The van der Waals surface area contributed by atoms with Crippen molar-refractivity contribution in [1.82, 2.24) is 29.9 Å². The van der Waals surface area contributed by atoms with Crippen molar-refractivity contribution in [3.63, 3.8) is 0 Å². The topological polar surface area (TPSA) is 79.7 Å². The lowest BCUT2D eigenvalue weighted by molar-refractivity contribution is 0.0732. The normalized spacial score (nSPS) is 16.0. The third-order valence-corrected chi connectivity index (χ3v) is 6.42. The number of rotatable bonds is 4. The van der Waals surface area contributed by atoms with Gasteiger partial charge in [0.2, 0.25) is 0 Å². The van der Waals surface area contributed by atoms with E-state index in [0.29, 0.717) is 22.8 Å². The Kier molecular flexibility index (Phi) is 5.27. The van der Waals surface area contributed by atoms with Crippen LogP contribution in [0.2, 0.25) is 5.02 Å². The van der Waals surface area contributed by atoms with Crippen LogP contribution in [0, 0.1) is 13.8 Å². The number of carbonyl (C=O) groups excluding carboxylic acids is 1. The summed E-state index contributed by atoms with van der Waals surface area (Å²) in [5.74, 6) is 0.731. The van der Waals surface area contributed by atoms with Gasteiger partial charge in [0.05, 0.1) is 41.6 Å². The molecule has 32 heavy (non-hydrogen) atoms. The number of benzene rings is 2. The van der Waals surface area contributed by atoms with Gasteiger partial charge in [0, 0.05) is 17.1 Å². The zero-order valence-corrected chi connectivity index (χ0v) is 18.7. The molecule has 0 aliphatic carbocycles. The molecule has 5 rings (SSSR count).